The number of carbonyl (C=O) groups excluding carboxylic acids is 2. The Balaban J connectivity index is 1.57. The van der Waals surface area contributed by atoms with E-state index in [2.05, 4.69) is 0 Å². The summed E-state index contributed by atoms with van der Waals surface area (Å²) in [6.07, 6.45) is 1.08. The van der Waals surface area contributed by atoms with E-state index in [0.29, 0.717) is 54.8 Å². The van der Waals surface area contributed by atoms with Crippen LogP contribution in [0.4, 0.5) is 0 Å². The molecule has 7 heteroatoms. The molecule has 2 aromatic carbocycles. The molecule has 1 saturated heterocycles. The highest BCUT2D eigenvalue weighted by atomic mass is 35.5. The number of halogens is 2. The summed E-state index contributed by atoms with van der Waals surface area (Å²) in [6, 6.07) is 12.5. The SMILES string of the molecule is CCOc1ccc(CC(=O)N2CCCN(C(=O)c3ccc(Cl)c(Cl)c3)CC2)cc1. The number of rotatable bonds is 5. The van der Waals surface area contributed by atoms with Crippen LogP contribution in [0.2, 0.25) is 10.0 Å². The van der Waals surface area contributed by atoms with Gasteiger partial charge in [0.05, 0.1) is 23.1 Å². The second-order valence-electron chi connectivity index (χ2n) is 6.91. The molecule has 0 radical (unpaired) electrons. The maximum Gasteiger partial charge on any atom is 0.253 e. The zero-order valence-corrected chi connectivity index (χ0v) is 17.9. The summed E-state index contributed by atoms with van der Waals surface area (Å²) in [7, 11) is 0. The highest BCUT2D eigenvalue weighted by Crippen LogP contribution is 2.23. The van der Waals surface area contributed by atoms with Gasteiger partial charge in [-0.3, -0.25) is 9.59 Å². The zero-order chi connectivity index (χ0) is 20.8. The van der Waals surface area contributed by atoms with Crippen LogP contribution in [-0.4, -0.2) is 54.4 Å². The number of carbonyl (C=O) groups is 2. The second-order valence-corrected chi connectivity index (χ2v) is 7.72. The van der Waals surface area contributed by atoms with E-state index in [1.54, 1.807) is 23.1 Å². The molecule has 29 heavy (non-hydrogen) atoms. The Morgan fingerprint density at radius 2 is 1.62 bits per heavy atom. The van der Waals surface area contributed by atoms with Gasteiger partial charge >= 0.3 is 0 Å². The van der Waals surface area contributed by atoms with Gasteiger partial charge in [0.25, 0.3) is 5.91 Å². The largest absolute Gasteiger partial charge is 0.494 e. The molecule has 0 saturated carbocycles. The minimum absolute atomic E-state index is 0.0676. The second kappa shape index (κ2) is 9.99. The molecule has 2 amide bonds. The first-order valence-electron chi connectivity index (χ1n) is 9.71. The van der Waals surface area contributed by atoms with Crippen LogP contribution in [0.1, 0.15) is 29.3 Å². The third kappa shape index (κ3) is 5.64. The van der Waals surface area contributed by atoms with Crippen molar-refractivity contribution in [1.82, 2.24) is 9.80 Å². The fourth-order valence-electron chi connectivity index (χ4n) is 3.34. The lowest BCUT2D eigenvalue weighted by atomic mass is 10.1. The van der Waals surface area contributed by atoms with Crippen molar-refractivity contribution in [2.75, 3.05) is 32.8 Å². The summed E-state index contributed by atoms with van der Waals surface area (Å²) in [6.45, 7) is 4.81. The Bertz CT molecular complexity index is 871. The van der Waals surface area contributed by atoms with Crippen LogP contribution in [0.3, 0.4) is 0 Å². The smallest absolute Gasteiger partial charge is 0.253 e. The lowest BCUT2D eigenvalue weighted by Crippen LogP contribution is -2.38. The molecule has 5 nitrogen and oxygen atoms in total. The molecule has 3 rings (SSSR count). The number of hydrogen-bond donors (Lipinski definition) is 0. The van der Waals surface area contributed by atoms with Gasteiger partial charge in [-0.25, -0.2) is 0 Å². The van der Waals surface area contributed by atoms with Crippen LogP contribution < -0.4 is 4.74 Å². The summed E-state index contributed by atoms with van der Waals surface area (Å²) < 4.78 is 5.43. The molecular formula is C22H24Cl2N2O3. The van der Waals surface area contributed by atoms with Crippen molar-refractivity contribution < 1.29 is 14.3 Å². The Kier molecular flexibility index (Phi) is 7.40. The monoisotopic (exact) mass is 434 g/mol. The van der Waals surface area contributed by atoms with Gasteiger partial charge in [-0.15, -0.1) is 0 Å². The van der Waals surface area contributed by atoms with Crippen LogP contribution >= 0.6 is 23.2 Å². The molecule has 0 aliphatic carbocycles. The molecule has 0 unspecified atom stereocenters. The Labute approximate surface area is 181 Å². The van der Waals surface area contributed by atoms with Gasteiger partial charge < -0.3 is 14.5 Å². The minimum atomic E-state index is -0.0932. The van der Waals surface area contributed by atoms with E-state index in [-0.39, 0.29) is 11.8 Å². The molecule has 1 fully saturated rings. The number of hydrogen-bond acceptors (Lipinski definition) is 3. The van der Waals surface area contributed by atoms with Crippen molar-refractivity contribution in [3.05, 3.63) is 63.6 Å². The molecule has 0 atom stereocenters. The molecule has 0 N–H and O–H groups in total. The topological polar surface area (TPSA) is 49.9 Å². The van der Waals surface area contributed by atoms with Crippen molar-refractivity contribution in [3.63, 3.8) is 0 Å². The van der Waals surface area contributed by atoms with Gasteiger partial charge in [-0.2, -0.15) is 0 Å². The summed E-state index contributed by atoms with van der Waals surface area (Å²) >= 11 is 12.0. The van der Waals surface area contributed by atoms with Gasteiger partial charge in [0.2, 0.25) is 5.91 Å². The molecule has 1 heterocycles. The molecule has 1 aliphatic rings. The highest BCUT2D eigenvalue weighted by Gasteiger charge is 2.23. The summed E-state index contributed by atoms with van der Waals surface area (Å²) in [5.41, 5.74) is 1.46. The van der Waals surface area contributed by atoms with Crippen molar-refractivity contribution in [1.29, 1.82) is 0 Å². The molecule has 2 aromatic rings. The molecule has 1 aliphatic heterocycles. The van der Waals surface area contributed by atoms with Crippen molar-refractivity contribution in [2.24, 2.45) is 0 Å². The van der Waals surface area contributed by atoms with E-state index in [4.69, 9.17) is 27.9 Å². The Hall–Kier alpha value is -2.24. The zero-order valence-electron chi connectivity index (χ0n) is 16.4. The van der Waals surface area contributed by atoms with Crippen LogP contribution in [0.25, 0.3) is 0 Å². The van der Waals surface area contributed by atoms with Gasteiger partial charge in [-0.05, 0) is 49.2 Å². The molecule has 154 valence electrons. The fourth-order valence-corrected chi connectivity index (χ4v) is 3.64. The van der Waals surface area contributed by atoms with Crippen LogP contribution in [0, 0.1) is 0 Å². The Morgan fingerprint density at radius 1 is 0.931 bits per heavy atom. The quantitative estimate of drug-likeness (QED) is 0.704. The van der Waals surface area contributed by atoms with Gasteiger partial charge in [0.15, 0.2) is 0 Å². The maximum absolute atomic E-state index is 12.8. The highest BCUT2D eigenvalue weighted by molar-refractivity contribution is 6.42. The molecule has 0 bridgehead atoms. The van der Waals surface area contributed by atoms with E-state index < -0.39 is 0 Å². The lowest BCUT2D eigenvalue weighted by Gasteiger charge is -2.22. The third-order valence-corrected chi connectivity index (χ3v) is 5.63. The van der Waals surface area contributed by atoms with Crippen LogP contribution in [-0.2, 0) is 11.2 Å². The number of benzene rings is 2. The van der Waals surface area contributed by atoms with Gasteiger partial charge in [0, 0.05) is 31.7 Å². The van der Waals surface area contributed by atoms with E-state index in [1.807, 2.05) is 36.1 Å². The van der Waals surface area contributed by atoms with E-state index in [1.165, 1.54) is 0 Å². The first kappa shape index (κ1) is 21.5. The summed E-state index contributed by atoms with van der Waals surface area (Å²) in [4.78, 5) is 29.1. The standard InChI is InChI=1S/C22H24Cl2N2O3/c1-2-29-18-7-4-16(5-8-18)14-21(27)25-10-3-11-26(13-12-25)22(28)17-6-9-19(23)20(24)15-17/h4-9,15H,2-3,10-14H2,1H3. The lowest BCUT2D eigenvalue weighted by molar-refractivity contribution is -0.130. The van der Waals surface area contributed by atoms with Crippen molar-refractivity contribution in [3.8, 4) is 5.75 Å². The van der Waals surface area contributed by atoms with Crippen molar-refractivity contribution >= 4 is 35.0 Å². The number of nitrogens with zero attached hydrogens (tertiary/aromatic N) is 2. The summed E-state index contributed by atoms with van der Waals surface area (Å²) in [5.74, 6) is 0.775. The average molecular weight is 435 g/mol. The fraction of sp³-hybridized carbons (Fsp3) is 0.364. The first-order valence-corrected chi connectivity index (χ1v) is 10.5. The number of amides is 2. The first-order chi connectivity index (χ1) is 14.0. The molecule has 0 spiro atoms. The number of ether oxygens (including phenoxy) is 1. The average Bonchev–Trinajstić information content (AvgIpc) is 2.97. The molecule has 0 aromatic heterocycles. The third-order valence-electron chi connectivity index (χ3n) is 4.89. The van der Waals surface area contributed by atoms with Crippen LogP contribution in [0.5, 0.6) is 5.75 Å². The maximum atomic E-state index is 12.8. The Morgan fingerprint density at radius 3 is 2.31 bits per heavy atom. The van der Waals surface area contributed by atoms with Gasteiger partial charge in [-0.1, -0.05) is 35.3 Å². The van der Waals surface area contributed by atoms with Crippen molar-refractivity contribution in [2.45, 2.75) is 19.8 Å². The predicted molar refractivity (Wildman–Crippen MR) is 115 cm³/mol. The van der Waals surface area contributed by atoms with E-state index >= 15 is 0 Å². The van der Waals surface area contributed by atoms with Crippen LogP contribution in [0.15, 0.2) is 42.5 Å². The van der Waals surface area contributed by atoms with Gasteiger partial charge in [0.1, 0.15) is 5.75 Å². The van der Waals surface area contributed by atoms with E-state index in [9.17, 15) is 9.59 Å². The minimum Gasteiger partial charge on any atom is -0.494 e. The normalized spacial score (nSPS) is 14.4. The molecular weight excluding hydrogens is 411 g/mol. The van der Waals surface area contributed by atoms with E-state index in [0.717, 1.165) is 17.7 Å². The summed E-state index contributed by atoms with van der Waals surface area (Å²) in [5, 5.41) is 0.782. The predicted octanol–water partition coefficient (Wildman–Crippen LogP) is 4.31.